The molecule has 86 valence electrons. The summed E-state index contributed by atoms with van der Waals surface area (Å²) in [5.41, 5.74) is 2.36. The fourth-order valence-corrected chi connectivity index (χ4v) is 2.19. The molecule has 1 heterocycles. The van der Waals surface area contributed by atoms with Crippen LogP contribution in [0.15, 0.2) is 4.47 Å². The van der Waals surface area contributed by atoms with Gasteiger partial charge in [0.15, 0.2) is 0 Å². The molecule has 0 bridgehead atoms. The third-order valence-electron chi connectivity index (χ3n) is 2.55. The minimum Gasteiger partial charge on any atom is -0.317 e. The summed E-state index contributed by atoms with van der Waals surface area (Å²) in [5, 5.41) is 7.76. The first-order valence-corrected chi connectivity index (χ1v) is 6.24. The number of hydrogen-bond donors (Lipinski definition) is 1. The number of nitrogens with zero attached hydrogens (tertiary/aromatic N) is 2. The zero-order valence-electron chi connectivity index (χ0n) is 9.97. The predicted octanol–water partition coefficient (Wildman–Crippen LogP) is 2.28. The fraction of sp³-hybridized carbons (Fsp3) is 0.727. The van der Waals surface area contributed by atoms with Crippen molar-refractivity contribution in [3.8, 4) is 0 Å². The summed E-state index contributed by atoms with van der Waals surface area (Å²) in [6.45, 7) is 8.53. The Morgan fingerprint density at radius 3 is 2.67 bits per heavy atom. The van der Waals surface area contributed by atoms with Crippen molar-refractivity contribution < 1.29 is 0 Å². The van der Waals surface area contributed by atoms with Crippen molar-refractivity contribution in [2.75, 3.05) is 13.1 Å². The summed E-state index contributed by atoms with van der Waals surface area (Å²) < 4.78 is 3.13. The third-order valence-corrected chi connectivity index (χ3v) is 3.58. The van der Waals surface area contributed by atoms with Gasteiger partial charge in [0.25, 0.3) is 0 Å². The van der Waals surface area contributed by atoms with E-state index in [4.69, 9.17) is 0 Å². The minimum absolute atomic E-state index is 0.635. The van der Waals surface area contributed by atoms with Gasteiger partial charge in [0.05, 0.1) is 15.9 Å². The van der Waals surface area contributed by atoms with Gasteiger partial charge in [0, 0.05) is 7.05 Å². The highest BCUT2D eigenvalue weighted by Crippen LogP contribution is 2.22. The number of rotatable bonds is 5. The summed E-state index contributed by atoms with van der Waals surface area (Å²) in [7, 11) is 2.01. The zero-order chi connectivity index (χ0) is 11.4. The molecule has 0 amide bonds. The van der Waals surface area contributed by atoms with Crippen molar-refractivity contribution in [3.05, 3.63) is 15.9 Å². The van der Waals surface area contributed by atoms with Crippen molar-refractivity contribution in [1.82, 2.24) is 15.1 Å². The second-order valence-electron chi connectivity index (χ2n) is 4.09. The Labute approximate surface area is 100 Å². The quantitative estimate of drug-likeness (QED) is 0.892. The highest BCUT2D eigenvalue weighted by atomic mass is 79.9. The van der Waals surface area contributed by atoms with Crippen molar-refractivity contribution in [3.63, 3.8) is 0 Å². The van der Waals surface area contributed by atoms with Gasteiger partial charge in [-0.25, -0.2) is 0 Å². The number of nitrogens with one attached hydrogen (secondary N) is 1. The Kier molecular flexibility index (Phi) is 4.80. The molecule has 1 aromatic heterocycles. The van der Waals surface area contributed by atoms with Crippen LogP contribution >= 0.6 is 15.9 Å². The lowest BCUT2D eigenvalue weighted by Gasteiger charge is -2.12. The molecule has 0 spiro atoms. The molecule has 3 nitrogen and oxygen atoms in total. The molecule has 1 atom stereocenters. The van der Waals surface area contributed by atoms with E-state index in [1.807, 2.05) is 18.7 Å². The summed E-state index contributed by atoms with van der Waals surface area (Å²) in [6.07, 6.45) is 1.06. The zero-order valence-corrected chi connectivity index (χ0v) is 11.6. The molecule has 1 N–H and O–H groups in total. The number of halogens is 1. The second kappa shape index (κ2) is 5.66. The monoisotopic (exact) mass is 273 g/mol. The lowest BCUT2D eigenvalue weighted by Crippen LogP contribution is -2.22. The van der Waals surface area contributed by atoms with Crippen molar-refractivity contribution >= 4 is 15.9 Å². The maximum Gasteiger partial charge on any atom is 0.0738 e. The average Bonchev–Trinajstić information content (AvgIpc) is 2.42. The molecule has 1 rings (SSSR count). The summed E-state index contributed by atoms with van der Waals surface area (Å²) in [4.78, 5) is 0. The SMILES string of the molecule is CCNCC(C)Cc1c(Br)c(C)nn1C. The van der Waals surface area contributed by atoms with E-state index in [1.54, 1.807) is 0 Å². The number of hydrogen-bond acceptors (Lipinski definition) is 2. The topological polar surface area (TPSA) is 29.9 Å². The first-order chi connectivity index (χ1) is 7.06. The van der Waals surface area contributed by atoms with Crippen LogP contribution in [0.5, 0.6) is 0 Å². The minimum atomic E-state index is 0.635. The van der Waals surface area contributed by atoms with E-state index in [0.29, 0.717) is 5.92 Å². The van der Waals surface area contributed by atoms with E-state index in [-0.39, 0.29) is 0 Å². The van der Waals surface area contributed by atoms with Gasteiger partial charge in [-0.3, -0.25) is 4.68 Å². The first-order valence-electron chi connectivity index (χ1n) is 5.45. The molecular weight excluding hydrogens is 254 g/mol. The van der Waals surface area contributed by atoms with Gasteiger partial charge in [-0.05, 0) is 48.3 Å². The van der Waals surface area contributed by atoms with E-state index >= 15 is 0 Å². The number of aromatic nitrogens is 2. The van der Waals surface area contributed by atoms with Crippen LogP contribution in [0.4, 0.5) is 0 Å². The lowest BCUT2D eigenvalue weighted by atomic mass is 10.1. The molecule has 0 aromatic carbocycles. The standard InChI is InChI=1S/C11H20BrN3/c1-5-13-7-8(2)6-10-11(12)9(3)14-15(10)4/h8,13H,5-7H2,1-4H3. The predicted molar refractivity (Wildman–Crippen MR) is 67.1 cm³/mol. The highest BCUT2D eigenvalue weighted by molar-refractivity contribution is 9.10. The molecule has 0 saturated heterocycles. The molecule has 1 aromatic rings. The first kappa shape index (κ1) is 12.7. The van der Waals surface area contributed by atoms with Crippen molar-refractivity contribution in [2.45, 2.75) is 27.2 Å². The Bertz CT molecular complexity index is 320. The number of aryl methyl sites for hydroxylation is 2. The Hall–Kier alpha value is -0.350. The van der Waals surface area contributed by atoms with Crippen LogP contribution in [0, 0.1) is 12.8 Å². The molecule has 1 unspecified atom stereocenters. The molecule has 0 radical (unpaired) electrons. The average molecular weight is 274 g/mol. The van der Waals surface area contributed by atoms with Gasteiger partial charge >= 0.3 is 0 Å². The van der Waals surface area contributed by atoms with Gasteiger partial charge in [0.1, 0.15) is 0 Å². The van der Waals surface area contributed by atoms with Gasteiger partial charge in [-0.15, -0.1) is 0 Å². The summed E-state index contributed by atoms with van der Waals surface area (Å²) >= 11 is 3.59. The molecule has 4 heteroatoms. The van der Waals surface area contributed by atoms with E-state index in [1.165, 1.54) is 5.69 Å². The maximum atomic E-state index is 4.39. The Balaban J connectivity index is 2.63. The largest absolute Gasteiger partial charge is 0.317 e. The van der Waals surface area contributed by atoms with Gasteiger partial charge in [0.2, 0.25) is 0 Å². The van der Waals surface area contributed by atoms with E-state index in [0.717, 1.165) is 29.7 Å². The van der Waals surface area contributed by atoms with E-state index < -0.39 is 0 Å². The molecule has 0 saturated carbocycles. The molecule has 0 aliphatic heterocycles. The Morgan fingerprint density at radius 2 is 2.20 bits per heavy atom. The third kappa shape index (κ3) is 3.31. The fourth-order valence-electron chi connectivity index (χ4n) is 1.69. The maximum absolute atomic E-state index is 4.39. The van der Waals surface area contributed by atoms with E-state index in [2.05, 4.69) is 40.2 Å². The van der Waals surface area contributed by atoms with Gasteiger partial charge in [-0.1, -0.05) is 13.8 Å². The molecular formula is C11H20BrN3. The normalized spacial score (nSPS) is 13.1. The molecule has 0 fully saturated rings. The van der Waals surface area contributed by atoms with Crippen LogP contribution in [0.3, 0.4) is 0 Å². The smallest absolute Gasteiger partial charge is 0.0738 e. The van der Waals surface area contributed by atoms with Crippen LogP contribution in [0.1, 0.15) is 25.2 Å². The second-order valence-corrected chi connectivity index (χ2v) is 4.88. The van der Waals surface area contributed by atoms with Crippen LogP contribution < -0.4 is 5.32 Å². The lowest BCUT2D eigenvalue weighted by molar-refractivity contribution is 0.503. The van der Waals surface area contributed by atoms with Gasteiger partial charge < -0.3 is 5.32 Å². The van der Waals surface area contributed by atoms with Crippen LogP contribution in [0.2, 0.25) is 0 Å². The summed E-state index contributed by atoms with van der Waals surface area (Å²) in [6, 6.07) is 0. The van der Waals surface area contributed by atoms with E-state index in [9.17, 15) is 0 Å². The van der Waals surface area contributed by atoms with Crippen molar-refractivity contribution in [2.24, 2.45) is 13.0 Å². The van der Waals surface area contributed by atoms with Gasteiger partial charge in [-0.2, -0.15) is 5.10 Å². The van der Waals surface area contributed by atoms with Crippen molar-refractivity contribution in [1.29, 1.82) is 0 Å². The molecule has 0 aliphatic rings. The summed E-state index contributed by atoms with van der Waals surface area (Å²) in [5.74, 6) is 0.635. The van der Waals surface area contributed by atoms with Crippen LogP contribution in [0.25, 0.3) is 0 Å². The Morgan fingerprint density at radius 1 is 1.53 bits per heavy atom. The molecule has 0 aliphatic carbocycles. The van der Waals surface area contributed by atoms with Crippen LogP contribution in [-0.2, 0) is 13.5 Å². The molecule has 15 heavy (non-hydrogen) atoms. The van der Waals surface area contributed by atoms with Crippen LogP contribution in [-0.4, -0.2) is 22.9 Å². The highest BCUT2D eigenvalue weighted by Gasteiger charge is 2.13.